The Labute approximate surface area is 167 Å². The zero-order chi connectivity index (χ0) is 20.4. The van der Waals surface area contributed by atoms with Gasteiger partial charge in [0.1, 0.15) is 5.25 Å². The SMILES string of the molecule is CCCCCCCCCCCCCCCCCC(=O)NCC(C)S(=O)(=O)O. The fourth-order valence-electron chi connectivity index (χ4n) is 3.11. The van der Waals surface area contributed by atoms with Crippen LogP contribution in [0.4, 0.5) is 0 Å². The van der Waals surface area contributed by atoms with E-state index in [1.54, 1.807) is 0 Å². The summed E-state index contributed by atoms with van der Waals surface area (Å²) in [6.07, 6.45) is 19.7. The van der Waals surface area contributed by atoms with Crippen LogP contribution in [0.5, 0.6) is 0 Å². The van der Waals surface area contributed by atoms with Crippen LogP contribution in [-0.4, -0.2) is 30.7 Å². The minimum Gasteiger partial charge on any atom is -0.355 e. The van der Waals surface area contributed by atoms with Crippen LogP contribution in [0, 0.1) is 0 Å². The molecule has 0 fully saturated rings. The first-order valence-corrected chi connectivity index (χ1v) is 12.6. The van der Waals surface area contributed by atoms with E-state index in [1.807, 2.05) is 0 Å². The van der Waals surface area contributed by atoms with E-state index in [4.69, 9.17) is 4.55 Å². The van der Waals surface area contributed by atoms with Gasteiger partial charge in [0.25, 0.3) is 10.1 Å². The van der Waals surface area contributed by atoms with Crippen LogP contribution < -0.4 is 5.32 Å². The average Bonchev–Trinajstić information content (AvgIpc) is 2.62. The van der Waals surface area contributed by atoms with Gasteiger partial charge in [0.15, 0.2) is 0 Å². The molecular formula is C21H43NO4S. The zero-order valence-electron chi connectivity index (χ0n) is 17.7. The summed E-state index contributed by atoms with van der Waals surface area (Å²) in [5.74, 6) is -0.139. The Kier molecular flexibility index (Phi) is 17.1. The Balaban J connectivity index is 3.28. The first kappa shape index (κ1) is 26.4. The summed E-state index contributed by atoms with van der Waals surface area (Å²) in [7, 11) is -4.06. The molecule has 0 aromatic heterocycles. The molecule has 0 rings (SSSR count). The monoisotopic (exact) mass is 405 g/mol. The molecule has 1 amide bonds. The molecule has 5 nitrogen and oxygen atoms in total. The quantitative estimate of drug-likeness (QED) is 0.215. The summed E-state index contributed by atoms with van der Waals surface area (Å²) in [4.78, 5) is 11.6. The predicted molar refractivity (Wildman–Crippen MR) is 114 cm³/mol. The molecule has 27 heavy (non-hydrogen) atoms. The number of nitrogens with one attached hydrogen (secondary N) is 1. The maximum Gasteiger partial charge on any atom is 0.269 e. The number of hydrogen-bond acceptors (Lipinski definition) is 3. The number of carbonyl (C=O) groups is 1. The molecule has 0 spiro atoms. The summed E-state index contributed by atoms with van der Waals surface area (Å²) < 4.78 is 30.5. The van der Waals surface area contributed by atoms with E-state index in [2.05, 4.69) is 12.2 Å². The molecule has 0 aliphatic rings. The topological polar surface area (TPSA) is 83.5 Å². The lowest BCUT2D eigenvalue weighted by molar-refractivity contribution is -0.121. The molecule has 0 aromatic carbocycles. The van der Waals surface area contributed by atoms with Gasteiger partial charge in [0.05, 0.1) is 0 Å². The van der Waals surface area contributed by atoms with Crippen molar-refractivity contribution in [2.75, 3.05) is 6.54 Å². The van der Waals surface area contributed by atoms with Gasteiger partial charge in [0, 0.05) is 13.0 Å². The van der Waals surface area contributed by atoms with Crippen LogP contribution in [0.15, 0.2) is 0 Å². The highest BCUT2D eigenvalue weighted by atomic mass is 32.2. The molecule has 1 unspecified atom stereocenters. The van der Waals surface area contributed by atoms with Crippen molar-refractivity contribution in [2.45, 2.75) is 122 Å². The molecule has 0 bridgehead atoms. The highest BCUT2D eigenvalue weighted by Gasteiger charge is 2.17. The van der Waals surface area contributed by atoms with E-state index in [0.717, 1.165) is 19.3 Å². The molecule has 0 aliphatic heterocycles. The molecule has 162 valence electrons. The van der Waals surface area contributed by atoms with Crippen LogP contribution in [0.25, 0.3) is 0 Å². The second kappa shape index (κ2) is 17.5. The minimum atomic E-state index is -4.06. The van der Waals surface area contributed by atoms with Crippen molar-refractivity contribution >= 4 is 16.0 Å². The molecular weight excluding hydrogens is 362 g/mol. The van der Waals surface area contributed by atoms with Gasteiger partial charge in [-0.15, -0.1) is 0 Å². The minimum absolute atomic E-state index is 0.0313. The molecule has 0 aromatic rings. The van der Waals surface area contributed by atoms with E-state index in [0.29, 0.717) is 6.42 Å². The molecule has 0 aliphatic carbocycles. The average molecular weight is 406 g/mol. The van der Waals surface area contributed by atoms with E-state index in [9.17, 15) is 13.2 Å². The maximum absolute atomic E-state index is 11.6. The second-order valence-electron chi connectivity index (χ2n) is 7.83. The summed E-state index contributed by atoms with van der Waals surface area (Å²) in [6.45, 7) is 3.61. The molecule has 0 saturated carbocycles. The van der Waals surface area contributed by atoms with Crippen molar-refractivity contribution in [2.24, 2.45) is 0 Å². The molecule has 2 N–H and O–H groups in total. The van der Waals surface area contributed by atoms with Crippen LogP contribution in [0.2, 0.25) is 0 Å². The third kappa shape index (κ3) is 18.5. The van der Waals surface area contributed by atoms with Crippen molar-refractivity contribution in [3.8, 4) is 0 Å². The maximum atomic E-state index is 11.6. The fourth-order valence-corrected chi connectivity index (χ4v) is 3.40. The number of amides is 1. The smallest absolute Gasteiger partial charge is 0.269 e. The van der Waals surface area contributed by atoms with E-state index in [1.165, 1.54) is 84.0 Å². The lowest BCUT2D eigenvalue weighted by Gasteiger charge is -2.09. The first-order valence-electron chi connectivity index (χ1n) is 11.1. The number of hydrogen-bond donors (Lipinski definition) is 2. The fraction of sp³-hybridized carbons (Fsp3) is 0.952. The van der Waals surface area contributed by atoms with Gasteiger partial charge in [-0.25, -0.2) is 0 Å². The van der Waals surface area contributed by atoms with Crippen LogP contribution >= 0.6 is 0 Å². The molecule has 0 radical (unpaired) electrons. The Hall–Kier alpha value is -0.620. The van der Waals surface area contributed by atoms with E-state index in [-0.39, 0.29) is 12.5 Å². The number of carbonyl (C=O) groups excluding carboxylic acids is 1. The first-order chi connectivity index (χ1) is 12.9. The number of unbranched alkanes of at least 4 members (excludes halogenated alkanes) is 14. The largest absolute Gasteiger partial charge is 0.355 e. The zero-order valence-corrected chi connectivity index (χ0v) is 18.5. The summed E-state index contributed by atoms with van der Waals surface area (Å²) in [5, 5.41) is 1.60. The Morgan fingerprint density at radius 1 is 0.778 bits per heavy atom. The Morgan fingerprint density at radius 3 is 1.52 bits per heavy atom. The van der Waals surface area contributed by atoms with Crippen LogP contribution in [0.3, 0.4) is 0 Å². The van der Waals surface area contributed by atoms with Gasteiger partial charge in [-0.3, -0.25) is 9.35 Å². The normalized spacial score (nSPS) is 12.9. The Bertz CT molecular complexity index is 451. The van der Waals surface area contributed by atoms with Crippen molar-refractivity contribution in [3.63, 3.8) is 0 Å². The molecule has 1 atom stereocenters. The van der Waals surface area contributed by atoms with Gasteiger partial charge in [-0.2, -0.15) is 8.42 Å². The van der Waals surface area contributed by atoms with Gasteiger partial charge in [0.2, 0.25) is 5.91 Å². The summed E-state index contributed by atoms with van der Waals surface area (Å²) in [5.41, 5.74) is 0. The number of rotatable bonds is 19. The highest BCUT2D eigenvalue weighted by molar-refractivity contribution is 7.86. The van der Waals surface area contributed by atoms with Gasteiger partial charge >= 0.3 is 0 Å². The van der Waals surface area contributed by atoms with Gasteiger partial charge < -0.3 is 5.32 Å². The van der Waals surface area contributed by atoms with Crippen molar-refractivity contribution < 1.29 is 17.8 Å². The van der Waals surface area contributed by atoms with Gasteiger partial charge in [-0.1, -0.05) is 96.8 Å². The Morgan fingerprint density at radius 2 is 1.15 bits per heavy atom. The summed E-state index contributed by atoms with van der Waals surface area (Å²) in [6, 6.07) is 0. The molecule has 0 saturated heterocycles. The van der Waals surface area contributed by atoms with Crippen LogP contribution in [-0.2, 0) is 14.9 Å². The lowest BCUT2D eigenvalue weighted by Crippen LogP contribution is -2.34. The third-order valence-corrected chi connectivity index (χ3v) is 6.29. The highest BCUT2D eigenvalue weighted by Crippen LogP contribution is 2.13. The molecule has 6 heteroatoms. The lowest BCUT2D eigenvalue weighted by atomic mass is 10.0. The van der Waals surface area contributed by atoms with Crippen molar-refractivity contribution in [3.05, 3.63) is 0 Å². The predicted octanol–water partition coefficient (Wildman–Crippen LogP) is 5.64. The third-order valence-electron chi connectivity index (χ3n) is 5.10. The van der Waals surface area contributed by atoms with Crippen molar-refractivity contribution in [1.82, 2.24) is 5.32 Å². The van der Waals surface area contributed by atoms with Crippen LogP contribution in [0.1, 0.15) is 117 Å². The van der Waals surface area contributed by atoms with Crippen molar-refractivity contribution in [1.29, 1.82) is 0 Å². The van der Waals surface area contributed by atoms with E-state index < -0.39 is 15.4 Å². The molecule has 0 heterocycles. The standard InChI is InChI=1S/C21H43NO4S/c1-3-4-5-6-7-8-9-10-11-12-13-14-15-16-17-18-21(23)22-19-20(2)27(24,25)26/h20H,3-19H2,1-2H3,(H,22,23)(H,24,25,26). The summed E-state index contributed by atoms with van der Waals surface area (Å²) >= 11 is 0. The van der Waals surface area contributed by atoms with E-state index >= 15 is 0 Å². The van der Waals surface area contributed by atoms with Gasteiger partial charge in [-0.05, 0) is 13.3 Å². The second-order valence-corrected chi connectivity index (χ2v) is 9.66.